The number of pyridine rings is 1. The molecule has 7 heteroatoms. The minimum absolute atomic E-state index is 0.0478. The van der Waals surface area contributed by atoms with E-state index < -0.39 is 23.6 Å². The van der Waals surface area contributed by atoms with Gasteiger partial charge in [0, 0.05) is 6.07 Å². The van der Waals surface area contributed by atoms with Crippen molar-refractivity contribution in [3.8, 4) is 17.7 Å². The maximum atomic E-state index is 13.0. The smallest absolute Gasteiger partial charge is 0.433 e. The van der Waals surface area contributed by atoms with E-state index in [4.69, 9.17) is 10.00 Å². The molecule has 0 atom stereocenters. The summed E-state index contributed by atoms with van der Waals surface area (Å²) >= 11 is 0. The van der Waals surface area contributed by atoms with Gasteiger partial charge in [0.2, 0.25) is 5.88 Å². The number of nitrogens with zero attached hydrogens (tertiary/aromatic N) is 2. The molecule has 0 aliphatic rings. The zero-order valence-electron chi connectivity index (χ0n) is 9.78. The van der Waals surface area contributed by atoms with Crippen LogP contribution in [0.1, 0.15) is 11.3 Å². The van der Waals surface area contributed by atoms with E-state index in [1.165, 1.54) is 12.1 Å². The minimum atomic E-state index is -4.66. The molecule has 0 saturated carbocycles. The molecule has 2 rings (SSSR count). The summed E-state index contributed by atoms with van der Waals surface area (Å²) < 4.78 is 55.7. The summed E-state index contributed by atoms with van der Waals surface area (Å²) in [6, 6.07) is 8.08. The van der Waals surface area contributed by atoms with Gasteiger partial charge in [-0.1, -0.05) is 6.07 Å². The SMILES string of the molecule is N#Cc1ccc(C(F)(F)F)nc1Oc1cccc(F)c1. The van der Waals surface area contributed by atoms with E-state index in [-0.39, 0.29) is 11.3 Å². The Morgan fingerprint density at radius 2 is 1.90 bits per heavy atom. The van der Waals surface area contributed by atoms with Crippen molar-refractivity contribution < 1.29 is 22.3 Å². The number of hydrogen-bond donors (Lipinski definition) is 0. The van der Waals surface area contributed by atoms with E-state index in [2.05, 4.69) is 4.98 Å². The fourth-order valence-corrected chi connectivity index (χ4v) is 1.40. The highest BCUT2D eigenvalue weighted by atomic mass is 19.4. The van der Waals surface area contributed by atoms with Crippen molar-refractivity contribution in [2.75, 3.05) is 0 Å². The van der Waals surface area contributed by atoms with Gasteiger partial charge in [0.1, 0.15) is 28.9 Å². The van der Waals surface area contributed by atoms with Crippen LogP contribution in [0.25, 0.3) is 0 Å². The van der Waals surface area contributed by atoms with Crippen LogP contribution in [0, 0.1) is 17.1 Å². The zero-order valence-corrected chi connectivity index (χ0v) is 9.78. The number of ether oxygens (including phenoxy) is 1. The number of halogens is 4. The Hall–Kier alpha value is -2.62. The van der Waals surface area contributed by atoms with Crippen LogP contribution in [0.3, 0.4) is 0 Å². The van der Waals surface area contributed by atoms with E-state index in [1.807, 2.05) is 0 Å². The molecule has 0 fully saturated rings. The van der Waals surface area contributed by atoms with Gasteiger partial charge in [0.15, 0.2) is 0 Å². The van der Waals surface area contributed by atoms with Gasteiger partial charge in [0.05, 0.1) is 0 Å². The third-order valence-corrected chi connectivity index (χ3v) is 2.28. The lowest BCUT2D eigenvalue weighted by molar-refractivity contribution is -0.141. The Kier molecular flexibility index (Phi) is 3.57. The van der Waals surface area contributed by atoms with Crippen LogP contribution in [0.4, 0.5) is 17.6 Å². The quantitative estimate of drug-likeness (QED) is 0.785. The van der Waals surface area contributed by atoms with Crippen LogP contribution in [-0.4, -0.2) is 4.98 Å². The molecule has 0 bridgehead atoms. The summed E-state index contributed by atoms with van der Waals surface area (Å²) in [6.07, 6.45) is -4.66. The van der Waals surface area contributed by atoms with Crippen LogP contribution >= 0.6 is 0 Å². The van der Waals surface area contributed by atoms with Crippen molar-refractivity contribution >= 4 is 0 Å². The summed E-state index contributed by atoms with van der Waals surface area (Å²) in [4.78, 5) is 3.25. The second kappa shape index (κ2) is 5.17. The molecule has 1 heterocycles. The van der Waals surface area contributed by atoms with Gasteiger partial charge in [0.25, 0.3) is 0 Å². The summed E-state index contributed by atoms with van der Waals surface area (Å²) in [5, 5.41) is 8.82. The Bertz CT molecular complexity index is 677. The molecule has 2 aromatic rings. The van der Waals surface area contributed by atoms with E-state index >= 15 is 0 Å². The molecular formula is C13H6F4N2O. The normalized spacial score (nSPS) is 10.9. The van der Waals surface area contributed by atoms with E-state index in [1.54, 1.807) is 6.07 Å². The number of benzene rings is 1. The molecule has 1 aromatic heterocycles. The van der Waals surface area contributed by atoms with Crippen molar-refractivity contribution in [2.24, 2.45) is 0 Å². The van der Waals surface area contributed by atoms with Gasteiger partial charge >= 0.3 is 6.18 Å². The van der Waals surface area contributed by atoms with Crippen LogP contribution in [0.15, 0.2) is 36.4 Å². The van der Waals surface area contributed by atoms with E-state index in [0.29, 0.717) is 6.07 Å². The standard InChI is InChI=1S/C13H6F4N2O/c14-9-2-1-3-10(6-9)20-12-8(7-18)4-5-11(19-12)13(15,16)17/h1-6H. The van der Waals surface area contributed by atoms with Gasteiger partial charge in [-0.05, 0) is 24.3 Å². The molecule has 0 N–H and O–H groups in total. The molecule has 0 unspecified atom stereocenters. The predicted molar refractivity (Wildman–Crippen MR) is 60.4 cm³/mol. The minimum Gasteiger partial charge on any atom is -0.438 e. The molecule has 0 aliphatic heterocycles. The Balaban J connectivity index is 2.42. The fourth-order valence-electron chi connectivity index (χ4n) is 1.40. The maximum absolute atomic E-state index is 13.0. The van der Waals surface area contributed by atoms with Gasteiger partial charge in [-0.15, -0.1) is 0 Å². The molecule has 0 aliphatic carbocycles. The van der Waals surface area contributed by atoms with Crippen LogP contribution < -0.4 is 4.74 Å². The predicted octanol–water partition coefficient (Wildman–Crippen LogP) is 3.90. The number of rotatable bonds is 2. The largest absolute Gasteiger partial charge is 0.438 e. The molecular weight excluding hydrogens is 276 g/mol. The van der Waals surface area contributed by atoms with Crippen molar-refractivity contribution in [1.82, 2.24) is 4.98 Å². The van der Waals surface area contributed by atoms with Crippen molar-refractivity contribution in [3.05, 3.63) is 53.5 Å². The van der Waals surface area contributed by atoms with Gasteiger partial charge in [-0.3, -0.25) is 0 Å². The first kappa shape index (κ1) is 13.8. The van der Waals surface area contributed by atoms with Crippen molar-refractivity contribution in [3.63, 3.8) is 0 Å². The Labute approximate surface area is 111 Å². The maximum Gasteiger partial charge on any atom is 0.433 e. The van der Waals surface area contributed by atoms with E-state index in [9.17, 15) is 17.6 Å². The first-order chi connectivity index (χ1) is 9.40. The summed E-state index contributed by atoms with van der Waals surface area (Å²) in [5.41, 5.74) is -1.37. The summed E-state index contributed by atoms with van der Waals surface area (Å²) in [7, 11) is 0. The number of nitriles is 1. The average Bonchev–Trinajstić information content (AvgIpc) is 2.37. The third kappa shape index (κ3) is 3.03. The monoisotopic (exact) mass is 282 g/mol. The average molecular weight is 282 g/mol. The molecule has 102 valence electrons. The first-order valence-corrected chi connectivity index (χ1v) is 5.32. The Morgan fingerprint density at radius 3 is 2.50 bits per heavy atom. The van der Waals surface area contributed by atoms with Crippen molar-refractivity contribution in [1.29, 1.82) is 5.26 Å². The van der Waals surface area contributed by atoms with Gasteiger partial charge in [-0.25, -0.2) is 9.37 Å². The molecule has 3 nitrogen and oxygen atoms in total. The van der Waals surface area contributed by atoms with E-state index in [0.717, 1.165) is 18.2 Å². The van der Waals surface area contributed by atoms with Crippen molar-refractivity contribution in [2.45, 2.75) is 6.18 Å². The van der Waals surface area contributed by atoms with Gasteiger partial charge in [-0.2, -0.15) is 18.4 Å². The number of aromatic nitrogens is 1. The lowest BCUT2D eigenvalue weighted by atomic mass is 10.2. The number of alkyl halides is 3. The van der Waals surface area contributed by atoms with Gasteiger partial charge < -0.3 is 4.74 Å². The zero-order chi connectivity index (χ0) is 14.8. The number of hydrogen-bond acceptors (Lipinski definition) is 3. The lowest BCUT2D eigenvalue weighted by Gasteiger charge is -2.10. The van der Waals surface area contributed by atoms with Crippen LogP contribution in [0.5, 0.6) is 11.6 Å². The highest BCUT2D eigenvalue weighted by Gasteiger charge is 2.33. The summed E-state index contributed by atoms with van der Waals surface area (Å²) in [5.74, 6) is -1.19. The Morgan fingerprint density at radius 1 is 1.15 bits per heavy atom. The molecule has 0 spiro atoms. The molecule has 0 amide bonds. The molecule has 20 heavy (non-hydrogen) atoms. The van der Waals surface area contributed by atoms with Crippen LogP contribution in [-0.2, 0) is 6.18 Å². The molecule has 0 radical (unpaired) electrons. The highest BCUT2D eigenvalue weighted by Crippen LogP contribution is 2.31. The fraction of sp³-hybridized carbons (Fsp3) is 0.0769. The first-order valence-electron chi connectivity index (χ1n) is 5.32. The molecule has 0 saturated heterocycles. The second-order valence-electron chi connectivity index (χ2n) is 3.72. The second-order valence-corrected chi connectivity index (χ2v) is 3.72. The lowest BCUT2D eigenvalue weighted by Crippen LogP contribution is -2.09. The third-order valence-electron chi connectivity index (χ3n) is 2.28. The van der Waals surface area contributed by atoms with Crippen LogP contribution in [0.2, 0.25) is 0 Å². The highest BCUT2D eigenvalue weighted by molar-refractivity contribution is 5.41. The molecule has 1 aromatic carbocycles. The topological polar surface area (TPSA) is 45.9 Å². The summed E-state index contributed by atoms with van der Waals surface area (Å²) in [6.45, 7) is 0.